The molecule has 15 heavy (non-hydrogen) atoms. The molecule has 5 heteroatoms. The average molecular weight is 201 g/mol. The molecule has 1 aliphatic rings. The van der Waals surface area contributed by atoms with E-state index >= 15 is 0 Å². The standard InChI is InChI=1S/C10H11N5/c11-10-13-8(7-1-2-7)5-9(14-10)15-4-3-12-6-15/h3-7H,1-2H2,(H2,11,13,14). The van der Waals surface area contributed by atoms with Gasteiger partial charge in [-0.05, 0) is 12.8 Å². The predicted octanol–water partition coefficient (Wildman–Crippen LogP) is 1.12. The van der Waals surface area contributed by atoms with Crippen LogP contribution in [0.2, 0.25) is 0 Å². The summed E-state index contributed by atoms with van der Waals surface area (Å²) in [6.45, 7) is 0. The lowest BCUT2D eigenvalue weighted by Crippen LogP contribution is -2.03. The Balaban J connectivity index is 2.07. The lowest BCUT2D eigenvalue weighted by atomic mass is 10.3. The van der Waals surface area contributed by atoms with Crippen LogP contribution in [0, 0.1) is 0 Å². The Morgan fingerprint density at radius 3 is 2.87 bits per heavy atom. The number of hydrogen-bond acceptors (Lipinski definition) is 4. The Hall–Kier alpha value is -1.91. The Morgan fingerprint density at radius 2 is 2.20 bits per heavy atom. The molecule has 2 N–H and O–H groups in total. The number of rotatable bonds is 2. The summed E-state index contributed by atoms with van der Waals surface area (Å²) < 4.78 is 1.84. The van der Waals surface area contributed by atoms with Crippen molar-refractivity contribution in [2.45, 2.75) is 18.8 Å². The van der Waals surface area contributed by atoms with Gasteiger partial charge in [-0.1, -0.05) is 0 Å². The largest absolute Gasteiger partial charge is 0.368 e. The first-order valence-electron chi connectivity index (χ1n) is 4.96. The van der Waals surface area contributed by atoms with Gasteiger partial charge in [-0.25, -0.2) is 9.97 Å². The van der Waals surface area contributed by atoms with E-state index < -0.39 is 0 Å². The fraction of sp³-hybridized carbons (Fsp3) is 0.300. The van der Waals surface area contributed by atoms with Gasteiger partial charge >= 0.3 is 0 Å². The van der Waals surface area contributed by atoms with Crippen LogP contribution < -0.4 is 5.73 Å². The monoisotopic (exact) mass is 201 g/mol. The minimum Gasteiger partial charge on any atom is -0.368 e. The van der Waals surface area contributed by atoms with Gasteiger partial charge in [-0.3, -0.25) is 4.57 Å². The molecule has 76 valence electrons. The van der Waals surface area contributed by atoms with Crippen molar-refractivity contribution in [2.24, 2.45) is 0 Å². The molecule has 0 spiro atoms. The van der Waals surface area contributed by atoms with Gasteiger partial charge in [0.2, 0.25) is 5.95 Å². The zero-order valence-electron chi connectivity index (χ0n) is 8.17. The highest BCUT2D eigenvalue weighted by atomic mass is 15.1. The highest BCUT2D eigenvalue weighted by molar-refractivity contribution is 5.34. The molecule has 0 aromatic carbocycles. The van der Waals surface area contributed by atoms with E-state index in [0.717, 1.165) is 11.5 Å². The highest BCUT2D eigenvalue weighted by Gasteiger charge is 2.26. The molecule has 1 fully saturated rings. The summed E-state index contributed by atoms with van der Waals surface area (Å²) in [5.41, 5.74) is 6.72. The molecule has 1 aliphatic carbocycles. The van der Waals surface area contributed by atoms with Crippen molar-refractivity contribution >= 4 is 5.95 Å². The minimum atomic E-state index is 0.336. The smallest absolute Gasteiger partial charge is 0.222 e. The number of nitrogen functional groups attached to an aromatic ring is 1. The fourth-order valence-electron chi connectivity index (χ4n) is 1.59. The molecule has 2 heterocycles. The molecular formula is C10H11N5. The number of anilines is 1. The van der Waals surface area contributed by atoms with E-state index in [-0.39, 0.29) is 0 Å². The Bertz CT molecular complexity index is 473. The highest BCUT2D eigenvalue weighted by Crippen LogP contribution is 2.39. The second-order valence-electron chi connectivity index (χ2n) is 3.75. The van der Waals surface area contributed by atoms with Gasteiger partial charge in [-0.2, -0.15) is 4.98 Å². The Kier molecular flexibility index (Phi) is 1.71. The van der Waals surface area contributed by atoms with E-state index in [1.54, 1.807) is 12.5 Å². The van der Waals surface area contributed by atoms with Crippen LogP contribution in [0.3, 0.4) is 0 Å². The molecule has 2 aromatic rings. The van der Waals surface area contributed by atoms with Gasteiger partial charge in [0.1, 0.15) is 12.1 Å². The van der Waals surface area contributed by atoms with Crippen LogP contribution in [-0.4, -0.2) is 19.5 Å². The zero-order chi connectivity index (χ0) is 10.3. The molecule has 0 amide bonds. The van der Waals surface area contributed by atoms with Gasteiger partial charge in [0, 0.05) is 24.4 Å². The molecule has 3 rings (SSSR count). The number of aromatic nitrogens is 4. The number of nitrogens with zero attached hydrogens (tertiary/aromatic N) is 4. The Morgan fingerprint density at radius 1 is 1.33 bits per heavy atom. The number of imidazole rings is 1. The first-order valence-corrected chi connectivity index (χ1v) is 4.96. The third kappa shape index (κ3) is 1.56. The summed E-state index contributed by atoms with van der Waals surface area (Å²) in [5.74, 6) is 1.71. The second-order valence-corrected chi connectivity index (χ2v) is 3.75. The molecule has 0 bridgehead atoms. The number of nitrogens with two attached hydrogens (primary N) is 1. The summed E-state index contributed by atoms with van der Waals surface area (Å²) >= 11 is 0. The van der Waals surface area contributed by atoms with Gasteiger partial charge in [0.15, 0.2) is 0 Å². The van der Waals surface area contributed by atoms with Crippen molar-refractivity contribution in [3.05, 3.63) is 30.5 Å². The third-order valence-electron chi connectivity index (χ3n) is 2.51. The van der Waals surface area contributed by atoms with E-state index in [1.165, 1.54) is 12.8 Å². The van der Waals surface area contributed by atoms with Crippen molar-refractivity contribution in [3.8, 4) is 5.82 Å². The van der Waals surface area contributed by atoms with Crippen LogP contribution in [0.1, 0.15) is 24.5 Å². The molecule has 0 aliphatic heterocycles. The van der Waals surface area contributed by atoms with Crippen molar-refractivity contribution in [1.82, 2.24) is 19.5 Å². The van der Waals surface area contributed by atoms with E-state index in [0.29, 0.717) is 11.9 Å². The fourth-order valence-corrected chi connectivity index (χ4v) is 1.59. The quantitative estimate of drug-likeness (QED) is 0.790. The van der Waals surface area contributed by atoms with Crippen LogP contribution in [-0.2, 0) is 0 Å². The number of hydrogen-bond donors (Lipinski definition) is 1. The maximum absolute atomic E-state index is 5.68. The first kappa shape index (κ1) is 8.40. The first-order chi connectivity index (χ1) is 7.33. The molecule has 0 unspecified atom stereocenters. The second kappa shape index (κ2) is 3.05. The SMILES string of the molecule is Nc1nc(C2CC2)cc(-n2ccnc2)n1. The van der Waals surface area contributed by atoms with E-state index in [9.17, 15) is 0 Å². The normalized spacial score (nSPS) is 15.5. The predicted molar refractivity (Wildman–Crippen MR) is 55.5 cm³/mol. The van der Waals surface area contributed by atoms with Crippen LogP contribution in [0.25, 0.3) is 5.82 Å². The Labute approximate surface area is 87.0 Å². The lowest BCUT2D eigenvalue weighted by molar-refractivity contribution is 0.931. The topological polar surface area (TPSA) is 69.6 Å². The lowest BCUT2D eigenvalue weighted by Gasteiger charge is -2.04. The van der Waals surface area contributed by atoms with Crippen molar-refractivity contribution in [3.63, 3.8) is 0 Å². The van der Waals surface area contributed by atoms with Crippen LogP contribution in [0.5, 0.6) is 0 Å². The van der Waals surface area contributed by atoms with E-state index in [4.69, 9.17) is 5.73 Å². The molecule has 0 radical (unpaired) electrons. The molecule has 0 saturated heterocycles. The molecular weight excluding hydrogens is 190 g/mol. The van der Waals surface area contributed by atoms with Crippen molar-refractivity contribution in [2.75, 3.05) is 5.73 Å². The van der Waals surface area contributed by atoms with Gasteiger partial charge in [0.05, 0.1) is 5.69 Å². The van der Waals surface area contributed by atoms with Crippen molar-refractivity contribution < 1.29 is 0 Å². The molecule has 2 aromatic heterocycles. The summed E-state index contributed by atoms with van der Waals surface area (Å²) in [7, 11) is 0. The third-order valence-corrected chi connectivity index (χ3v) is 2.51. The summed E-state index contributed by atoms with van der Waals surface area (Å²) in [6.07, 6.45) is 7.69. The van der Waals surface area contributed by atoms with Crippen LogP contribution in [0.15, 0.2) is 24.8 Å². The maximum Gasteiger partial charge on any atom is 0.222 e. The minimum absolute atomic E-state index is 0.336. The van der Waals surface area contributed by atoms with Crippen molar-refractivity contribution in [1.29, 1.82) is 0 Å². The average Bonchev–Trinajstić information content (AvgIpc) is 2.93. The van der Waals surface area contributed by atoms with Gasteiger partial charge in [-0.15, -0.1) is 0 Å². The maximum atomic E-state index is 5.68. The summed E-state index contributed by atoms with van der Waals surface area (Å²) in [5, 5.41) is 0. The van der Waals surface area contributed by atoms with Crippen LogP contribution in [0.4, 0.5) is 5.95 Å². The van der Waals surface area contributed by atoms with E-state index in [2.05, 4.69) is 15.0 Å². The van der Waals surface area contributed by atoms with E-state index in [1.807, 2.05) is 16.8 Å². The summed E-state index contributed by atoms with van der Waals surface area (Å²) in [6, 6.07) is 1.98. The van der Waals surface area contributed by atoms with Gasteiger partial charge in [0.25, 0.3) is 0 Å². The summed E-state index contributed by atoms with van der Waals surface area (Å²) in [4.78, 5) is 12.4. The molecule has 5 nitrogen and oxygen atoms in total. The van der Waals surface area contributed by atoms with Gasteiger partial charge < -0.3 is 5.73 Å². The van der Waals surface area contributed by atoms with Crippen LogP contribution >= 0.6 is 0 Å². The molecule has 1 saturated carbocycles. The molecule has 0 atom stereocenters. The zero-order valence-corrected chi connectivity index (χ0v) is 8.17.